The Labute approximate surface area is 151 Å². The zero-order chi connectivity index (χ0) is 18.1. The van der Waals surface area contributed by atoms with E-state index < -0.39 is 30.3 Å². The van der Waals surface area contributed by atoms with E-state index >= 15 is 0 Å². The van der Waals surface area contributed by atoms with Gasteiger partial charge in [-0.25, -0.2) is 4.79 Å². The molecule has 0 unspecified atom stereocenters. The van der Waals surface area contributed by atoms with Gasteiger partial charge in [0.05, 0.1) is 11.3 Å². The molecule has 7 nitrogen and oxygen atoms in total. The van der Waals surface area contributed by atoms with Crippen molar-refractivity contribution < 1.29 is 24.6 Å². The van der Waals surface area contributed by atoms with Gasteiger partial charge in [0, 0.05) is 22.7 Å². The molecule has 1 amide bonds. The highest BCUT2D eigenvalue weighted by Crippen LogP contribution is 2.35. The number of thioether (sulfide) groups is 1. The minimum atomic E-state index is -1.53. The second-order valence-corrected chi connectivity index (χ2v) is 6.97. The molecule has 1 aliphatic heterocycles. The van der Waals surface area contributed by atoms with Crippen LogP contribution in [0.3, 0.4) is 0 Å². The van der Waals surface area contributed by atoms with Gasteiger partial charge in [-0.3, -0.25) is 14.5 Å². The smallest absolute Gasteiger partial charge is 0.327 e. The maximum absolute atomic E-state index is 12.6. The lowest BCUT2D eigenvalue weighted by Crippen LogP contribution is -2.45. The third kappa shape index (κ3) is 3.28. The molecular weight excluding hydrogens is 364 g/mol. The summed E-state index contributed by atoms with van der Waals surface area (Å²) in [7, 11) is 0. The van der Waals surface area contributed by atoms with Gasteiger partial charge in [0.15, 0.2) is 0 Å². The van der Waals surface area contributed by atoms with Crippen molar-refractivity contribution in [2.24, 2.45) is 0 Å². The van der Waals surface area contributed by atoms with Crippen molar-refractivity contribution in [2.45, 2.75) is 12.5 Å². The number of thiocarbonyl (C=S) groups is 1. The van der Waals surface area contributed by atoms with Crippen LogP contribution in [0.2, 0.25) is 0 Å². The number of carbonyl (C=O) groups excluding carboxylic acids is 1. The number of hydrogen-bond acceptors (Lipinski definition) is 5. The Morgan fingerprint density at radius 1 is 1.32 bits per heavy atom. The molecular formula is C16H12N2O5S2. The molecule has 25 heavy (non-hydrogen) atoms. The van der Waals surface area contributed by atoms with Gasteiger partial charge < -0.3 is 15.2 Å². The van der Waals surface area contributed by atoms with Crippen LogP contribution < -0.4 is 0 Å². The largest absolute Gasteiger partial charge is 0.481 e. The summed E-state index contributed by atoms with van der Waals surface area (Å²) in [5, 5.41) is 19.0. The second-order valence-electron chi connectivity index (χ2n) is 5.29. The van der Waals surface area contributed by atoms with E-state index in [1.54, 1.807) is 12.3 Å². The molecule has 1 atom stereocenters. The van der Waals surface area contributed by atoms with E-state index in [-0.39, 0.29) is 9.23 Å². The van der Waals surface area contributed by atoms with Crippen molar-refractivity contribution in [3.63, 3.8) is 0 Å². The van der Waals surface area contributed by atoms with E-state index in [0.29, 0.717) is 0 Å². The Morgan fingerprint density at radius 2 is 2.04 bits per heavy atom. The van der Waals surface area contributed by atoms with Crippen molar-refractivity contribution in [3.05, 3.63) is 40.9 Å². The maximum Gasteiger partial charge on any atom is 0.327 e. The Kier molecular flexibility index (Phi) is 4.60. The van der Waals surface area contributed by atoms with Crippen LogP contribution in [-0.4, -0.2) is 48.3 Å². The topological polar surface area (TPSA) is 111 Å². The molecule has 0 saturated carbocycles. The molecule has 128 valence electrons. The number of aromatic nitrogens is 1. The minimum Gasteiger partial charge on any atom is -0.481 e. The summed E-state index contributed by atoms with van der Waals surface area (Å²) in [5.41, 5.74) is 1.67. The summed E-state index contributed by atoms with van der Waals surface area (Å²) in [6.45, 7) is 0. The number of aromatic amines is 1. The van der Waals surface area contributed by atoms with E-state index in [1.807, 2.05) is 24.3 Å². The fourth-order valence-electron chi connectivity index (χ4n) is 2.56. The van der Waals surface area contributed by atoms with E-state index in [4.69, 9.17) is 17.3 Å². The summed E-state index contributed by atoms with van der Waals surface area (Å²) in [5.74, 6) is -3.33. The van der Waals surface area contributed by atoms with Crippen LogP contribution in [0.4, 0.5) is 0 Å². The highest BCUT2D eigenvalue weighted by atomic mass is 32.2. The normalized spacial score (nSPS) is 17.4. The number of amides is 1. The quantitative estimate of drug-likeness (QED) is 0.542. The van der Waals surface area contributed by atoms with E-state index in [2.05, 4.69) is 4.98 Å². The van der Waals surface area contributed by atoms with Crippen molar-refractivity contribution in [1.82, 2.24) is 9.88 Å². The number of hydrogen-bond donors (Lipinski definition) is 3. The molecule has 1 aromatic carbocycles. The number of benzene rings is 1. The number of carboxylic acids is 2. The van der Waals surface area contributed by atoms with E-state index in [1.165, 1.54) is 0 Å². The van der Waals surface area contributed by atoms with Gasteiger partial charge in [0.25, 0.3) is 5.91 Å². The van der Waals surface area contributed by atoms with Crippen molar-refractivity contribution in [2.75, 3.05) is 0 Å². The molecule has 1 aromatic heterocycles. The number of carboxylic acid groups (broad SMARTS) is 2. The molecule has 0 spiro atoms. The highest BCUT2D eigenvalue weighted by molar-refractivity contribution is 8.26. The first-order chi connectivity index (χ1) is 11.9. The number of H-pyrrole nitrogens is 1. The summed E-state index contributed by atoms with van der Waals surface area (Å²) in [6, 6.07) is 6.00. The number of carbonyl (C=O) groups is 3. The van der Waals surface area contributed by atoms with Crippen molar-refractivity contribution >= 4 is 63.1 Å². The lowest BCUT2D eigenvalue weighted by Gasteiger charge is -2.21. The third-order valence-corrected chi connectivity index (χ3v) is 5.03. The first-order valence-corrected chi connectivity index (χ1v) is 8.38. The highest BCUT2D eigenvalue weighted by Gasteiger charge is 2.41. The monoisotopic (exact) mass is 376 g/mol. The average Bonchev–Trinajstić information content (AvgIpc) is 3.07. The van der Waals surface area contributed by atoms with Crippen molar-refractivity contribution in [3.8, 4) is 0 Å². The van der Waals surface area contributed by atoms with Gasteiger partial charge in [-0.1, -0.05) is 42.2 Å². The number of nitrogens with zero attached hydrogens (tertiary/aromatic N) is 1. The van der Waals surface area contributed by atoms with Gasteiger partial charge in [-0.05, 0) is 12.1 Å². The molecule has 0 aliphatic carbocycles. The molecule has 1 aliphatic rings. The lowest BCUT2D eigenvalue weighted by atomic mass is 10.1. The average molecular weight is 376 g/mol. The first-order valence-electron chi connectivity index (χ1n) is 7.16. The maximum atomic E-state index is 12.6. The zero-order valence-corrected chi connectivity index (χ0v) is 14.3. The predicted octanol–water partition coefficient (Wildman–Crippen LogP) is 2.30. The summed E-state index contributed by atoms with van der Waals surface area (Å²) < 4.78 is 0.0322. The molecule has 1 saturated heterocycles. The van der Waals surface area contributed by atoms with Gasteiger partial charge >= 0.3 is 11.9 Å². The molecule has 9 heteroatoms. The summed E-state index contributed by atoms with van der Waals surface area (Å²) >= 11 is 6.06. The van der Waals surface area contributed by atoms with Gasteiger partial charge in [0.1, 0.15) is 10.4 Å². The molecule has 3 rings (SSSR count). The number of fused-ring (bicyclic) bond motifs is 1. The number of rotatable bonds is 5. The Hall–Kier alpha value is -2.65. The van der Waals surface area contributed by atoms with Crippen LogP contribution in [0.15, 0.2) is 35.4 Å². The van der Waals surface area contributed by atoms with Crippen LogP contribution in [0.1, 0.15) is 12.0 Å². The van der Waals surface area contributed by atoms with E-state index in [9.17, 15) is 19.5 Å². The van der Waals surface area contributed by atoms with Crippen LogP contribution in [0.25, 0.3) is 17.0 Å². The third-order valence-electron chi connectivity index (χ3n) is 3.70. The van der Waals surface area contributed by atoms with E-state index in [0.717, 1.165) is 33.1 Å². The number of nitrogens with one attached hydrogen (secondary N) is 1. The van der Waals surface area contributed by atoms with Crippen LogP contribution in [0.5, 0.6) is 0 Å². The SMILES string of the molecule is O=C(O)C[C@@H](C(=O)O)N1C(=O)/C(=C\c2c[nH]c3ccccc23)SC1=S. The standard InChI is InChI=1S/C16H12N2O5S2/c19-13(20)6-11(15(22)23)18-14(21)12(25-16(18)24)5-8-7-17-10-4-2-1-3-9(8)10/h1-5,7,11,17H,6H2,(H,19,20)(H,22,23)/b12-5+/t11-/m0/s1. The lowest BCUT2D eigenvalue weighted by molar-refractivity contribution is -0.150. The zero-order valence-electron chi connectivity index (χ0n) is 12.6. The predicted molar refractivity (Wildman–Crippen MR) is 97.0 cm³/mol. The van der Waals surface area contributed by atoms with Gasteiger partial charge in [0.2, 0.25) is 0 Å². The number of para-hydroxylation sites is 1. The minimum absolute atomic E-state index is 0.0322. The second kappa shape index (κ2) is 6.69. The summed E-state index contributed by atoms with van der Waals surface area (Å²) in [4.78, 5) is 39.0. The molecule has 2 aromatic rings. The Bertz CT molecular complexity index is 934. The fraction of sp³-hybridized carbons (Fsp3) is 0.125. The molecule has 1 fully saturated rings. The number of aliphatic carboxylic acids is 2. The van der Waals surface area contributed by atoms with Crippen LogP contribution >= 0.6 is 24.0 Å². The van der Waals surface area contributed by atoms with Crippen LogP contribution in [-0.2, 0) is 14.4 Å². The molecule has 0 bridgehead atoms. The molecule has 2 heterocycles. The fourth-order valence-corrected chi connectivity index (χ4v) is 3.91. The molecule has 3 N–H and O–H groups in total. The van der Waals surface area contributed by atoms with Gasteiger partial charge in [-0.15, -0.1) is 0 Å². The van der Waals surface area contributed by atoms with Crippen molar-refractivity contribution in [1.29, 1.82) is 0 Å². The summed E-state index contributed by atoms with van der Waals surface area (Å²) in [6.07, 6.45) is 2.64. The Morgan fingerprint density at radius 3 is 2.72 bits per heavy atom. The Balaban J connectivity index is 1.95. The van der Waals surface area contributed by atoms with Gasteiger partial charge in [-0.2, -0.15) is 0 Å². The molecule has 0 radical (unpaired) electrons. The first kappa shape index (κ1) is 17.2. The van der Waals surface area contributed by atoms with Crippen LogP contribution in [0, 0.1) is 0 Å².